The summed E-state index contributed by atoms with van der Waals surface area (Å²) >= 11 is 3.24. The van der Waals surface area contributed by atoms with Gasteiger partial charge in [0.25, 0.3) is 0 Å². The van der Waals surface area contributed by atoms with Crippen molar-refractivity contribution < 1.29 is 9.13 Å². The molecule has 0 aromatic heterocycles. The predicted octanol–water partition coefficient (Wildman–Crippen LogP) is 3.71. The number of nitrogens with two attached hydrogens (primary N) is 1. The van der Waals surface area contributed by atoms with Crippen LogP contribution in [0.5, 0.6) is 5.75 Å². The Balaban J connectivity index is 1.86. The van der Waals surface area contributed by atoms with Gasteiger partial charge in [0.05, 0.1) is 11.1 Å². The average molecular weight is 350 g/mol. The summed E-state index contributed by atoms with van der Waals surface area (Å²) < 4.78 is 19.7. The van der Waals surface area contributed by atoms with Crippen molar-refractivity contribution >= 4 is 15.9 Å². The van der Waals surface area contributed by atoms with Crippen LogP contribution in [0, 0.1) is 11.2 Å². The van der Waals surface area contributed by atoms with E-state index in [0.29, 0.717) is 17.6 Å². The molecule has 2 aromatic rings. The van der Waals surface area contributed by atoms with Crippen LogP contribution in [0.4, 0.5) is 4.39 Å². The molecule has 0 amide bonds. The van der Waals surface area contributed by atoms with Gasteiger partial charge < -0.3 is 10.5 Å². The normalized spacial score (nSPS) is 20.7. The second-order valence-electron chi connectivity index (χ2n) is 5.70. The van der Waals surface area contributed by atoms with Crippen LogP contribution < -0.4 is 10.5 Å². The van der Waals surface area contributed by atoms with Crippen LogP contribution >= 0.6 is 15.9 Å². The van der Waals surface area contributed by atoms with Crippen molar-refractivity contribution in [1.82, 2.24) is 0 Å². The summed E-state index contributed by atoms with van der Waals surface area (Å²) in [6, 6.07) is 13.2. The largest absolute Gasteiger partial charge is 0.493 e. The standard InChI is InChI=1S/C17H17BrFNO/c18-14-7-12(5-6-15(14)19)8-17(10-20)9-13-3-1-2-4-16(13)21-11-17/h1-7H,8-11,20H2. The zero-order chi connectivity index (χ0) is 14.9. The van der Waals surface area contributed by atoms with Crippen molar-refractivity contribution in [2.75, 3.05) is 13.2 Å². The highest BCUT2D eigenvalue weighted by atomic mass is 79.9. The second kappa shape index (κ2) is 5.78. The number of rotatable bonds is 3. The maximum Gasteiger partial charge on any atom is 0.137 e. The van der Waals surface area contributed by atoms with Crippen LogP contribution in [-0.4, -0.2) is 13.2 Å². The summed E-state index contributed by atoms with van der Waals surface area (Å²) in [5.74, 6) is 0.702. The van der Waals surface area contributed by atoms with Gasteiger partial charge in [0.2, 0.25) is 0 Å². The van der Waals surface area contributed by atoms with E-state index in [4.69, 9.17) is 10.5 Å². The van der Waals surface area contributed by atoms with E-state index in [2.05, 4.69) is 22.0 Å². The van der Waals surface area contributed by atoms with E-state index in [0.717, 1.165) is 24.2 Å². The number of hydrogen-bond acceptors (Lipinski definition) is 2. The second-order valence-corrected chi connectivity index (χ2v) is 6.56. The number of halogens is 2. The fourth-order valence-electron chi connectivity index (χ4n) is 2.88. The highest BCUT2D eigenvalue weighted by Crippen LogP contribution is 2.36. The first kappa shape index (κ1) is 14.5. The van der Waals surface area contributed by atoms with Crippen molar-refractivity contribution in [3.8, 4) is 5.75 Å². The molecule has 1 atom stereocenters. The van der Waals surface area contributed by atoms with Gasteiger partial charge in [-0.3, -0.25) is 0 Å². The molecular weight excluding hydrogens is 333 g/mol. The topological polar surface area (TPSA) is 35.2 Å². The van der Waals surface area contributed by atoms with Crippen molar-refractivity contribution in [3.05, 3.63) is 63.9 Å². The molecule has 21 heavy (non-hydrogen) atoms. The third-order valence-corrected chi connectivity index (χ3v) is 4.68. The van der Waals surface area contributed by atoms with Gasteiger partial charge in [-0.1, -0.05) is 24.3 Å². The SMILES string of the molecule is NCC1(Cc2ccc(F)c(Br)c2)COc2ccccc2C1. The number of para-hydroxylation sites is 1. The van der Waals surface area contributed by atoms with E-state index in [1.54, 1.807) is 0 Å². The quantitative estimate of drug-likeness (QED) is 0.916. The molecule has 4 heteroatoms. The van der Waals surface area contributed by atoms with Crippen molar-refractivity contribution in [2.24, 2.45) is 11.1 Å². The highest BCUT2D eigenvalue weighted by Gasteiger charge is 2.35. The molecule has 1 aliphatic heterocycles. The Morgan fingerprint density at radius 3 is 2.81 bits per heavy atom. The van der Waals surface area contributed by atoms with Crippen molar-refractivity contribution in [3.63, 3.8) is 0 Å². The van der Waals surface area contributed by atoms with Crippen LogP contribution in [-0.2, 0) is 12.8 Å². The lowest BCUT2D eigenvalue weighted by Crippen LogP contribution is -2.43. The third kappa shape index (κ3) is 2.97. The fourth-order valence-corrected chi connectivity index (χ4v) is 3.30. The van der Waals surface area contributed by atoms with E-state index in [1.807, 2.05) is 30.3 Å². The molecule has 1 unspecified atom stereocenters. The molecule has 110 valence electrons. The van der Waals surface area contributed by atoms with Crippen LogP contribution in [0.25, 0.3) is 0 Å². The van der Waals surface area contributed by atoms with E-state index < -0.39 is 0 Å². The molecule has 0 fully saturated rings. The van der Waals surface area contributed by atoms with Crippen LogP contribution in [0.1, 0.15) is 11.1 Å². The fraction of sp³-hybridized carbons (Fsp3) is 0.294. The zero-order valence-electron chi connectivity index (χ0n) is 11.6. The highest BCUT2D eigenvalue weighted by molar-refractivity contribution is 9.10. The van der Waals surface area contributed by atoms with Gasteiger partial charge in [-0.15, -0.1) is 0 Å². The van der Waals surface area contributed by atoms with E-state index in [9.17, 15) is 4.39 Å². The van der Waals surface area contributed by atoms with Gasteiger partial charge >= 0.3 is 0 Å². The monoisotopic (exact) mass is 349 g/mol. The van der Waals surface area contributed by atoms with Gasteiger partial charge in [-0.2, -0.15) is 0 Å². The molecule has 2 aromatic carbocycles. The average Bonchev–Trinajstić information content (AvgIpc) is 2.51. The molecule has 0 saturated heterocycles. The summed E-state index contributed by atoms with van der Waals surface area (Å²) in [4.78, 5) is 0. The number of ether oxygens (including phenoxy) is 1. The minimum Gasteiger partial charge on any atom is -0.493 e. The zero-order valence-corrected chi connectivity index (χ0v) is 13.2. The van der Waals surface area contributed by atoms with Gasteiger partial charge in [-0.05, 0) is 58.1 Å². The third-order valence-electron chi connectivity index (χ3n) is 4.07. The molecule has 0 bridgehead atoms. The maximum absolute atomic E-state index is 13.4. The number of hydrogen-bond donors (Lipinski definition) is 1. The van der Waals surface area contributed by atoms with Gasteiger partial charge in [0.15, 0.2) is 0 Å². The lowest BCUT2D eigenvalue weighted by molar-refractivity contribution is 0.126. The van der Waals surface area contributed by atoms with Gasteiger partial charge in [-0.25, -0.2) is 4.39 Å². The molecule has 1 heterocycles. The molecule has 0 radical (unpaired) electrons. The van der Waals surface area contributed by atoms with Gasteiger partial charge in [0.1, 0.15) is 11.6 Å². The Bertz CT molecular complexity index is 661. The lowest BCUT2D eigenvalue weighted by Gasteiger charge is -2.37. The molecule has 2 N–H and O–H groups in total. The summed E-state index contributed by atoms with van der Waals surface area (Å²) in [6.45, 7) is 1.13. The van der Waals surface area contributed by atoms with Gasteiger partial charge in [0, 0.05) is 12.0 Å². The first-order chi connectivity index (χ1) is 10.1. The Kier molecular flexibility index (Phi) is 4.00. The number of benzene rings is 2. The molecule has 2 nitrogen and oxygen atoms in total. The molecular formula is C17H17BrFNO. The molecule has 0 spiro atoms. The Morgan fingerprint density at radius 2 is 2.05 bits per heavy atom. The Labute approximate surface area is 132 Å². The first-order valence-corrected chi connectivity index (χ1v) is 7.76. The summed E-state index contributed by atoms with van der Waals surface area (Å²) in [5.41, 5.74) is 8.17. The summed E-state index contributed by atoms with van der Waals surface area (Å²) in [6.07, 6.45) is 1.66. The lowest BCUT2D eigenvalue weighted by atomic mass is 9.76. The minimum atomic E-state index is -0.245. The molecule has 1 aliphatic rings. The first-order valence-electron chi connectivity index (χ1n) is 6.97. The molecule has 3 rings (SSSR count). The van der Waals surface area contributed by atoms with E-state index in [-0.39, 0.29) is 11.2 Å². The summed E-state index contributed by atoms with van der Waals surface area (Å²) in [7, 11) is 0. The minimum absolute atomic E-state index is 0.133. The molecule has 0 saturated carbocycles. The number of fused-ring (bicyclic) bond motifs is 1. The van der Waals surface area contributed by atoms with Crippen molar-refractivity contribution in [1.29, 1.82) is 0 Å². The summed E-state index contributed by atoms with van der Waals surface area (Å²) in [5, 5.41) is 0. The molecule has 0 aliphatic carbocycles. The maximum atomic E-state index is 13.4. The Morgan fingerprint density at radius 1 is 1.24 bits per heavy atom. The van der Waals surface area contributed by atoms with E-state index >= 15 is 0 Å². The Hall–Kier alpha value is -1.39. The van der Waals surface area contributed by atoms with Crippen LogP contribution in [0.2, 0.25) is 0 Å². The van der Waals surface area contributed by atoms with Crippen LogP contribution in [0.3, 0.4) is 0 Å². The van der Waals surface area contributed by atoms with E-state index in [1.165, 1.54) is 11.6 Å². The smallest absolute Gasteiger partial charge is 0.137 e. The van der Waals surface area contributed by atoms with Crippen LogP contribution in [0.15, 0.2) is 46.9 Å². The van der Waals surface area contributed by atoms with Crippen molar-refractivity contribution in [2.45, 2.75) is 12.8 Å². The predicted molar refractivity (Wildman–Crippen MR) is 84.9 cm³/mol.